The minimum atomic E-state index is 0.594. The van der Waals surface area contributed by atoms with Gasteiger partial charge >= 0.3 is 0 Å². The first-order valence-corrected chi connectivity index (χ1v) is 7.57. The largest absolute Gasteiger partial charge is 0.371 e. The molecule has 1 fully saturated rings. The lowest BCUT2D eigenvalue weighted by Crippen LogP contribution is -2.25. The van der Waals surface area contributed by atoms with Crippen molar-refractivity contribution in [1.82, 2.24) is 0 Å². The Labute approximate surface area is 110 Å². The van der Waals surface area contributed by atoms with E-state index in [1.54, 1.807) is 0 Å². The molecule has 88 valence electrons. The van der Waals surface area contributed by atoms with E-state index in [2.05, 4.69) is 50.8 Å². The van der Waals surface area contributed by atoms with Crippen molar-refractivity contribution in [1.29, 1.82) is 0 Å². The van der Waals surface area contributed by atoms with E-state index in [9.17, 15) is 0 Å². The van der Waals surface area contributed by atoms with Gasteiger partial charge in [0.25, 0.3) is 0 Å². The Bertz CT molecular complexity index is 349. The number of hydrogen-bond acceptors (Lipinski definition) is 3. The molecule has 4 heteroatoms. The molecule has 1 saturated heterocycles. The van der Waals surface area contributed by atoms with Crippen LogP contribution in [0.1, 0.15) is 12.0 Å². The van der Waals surface area contributed by atoms with Crippen LogP contribution in [0.5, 0.6) is 0 Å². The van der Waals surface area contributed by atoms with Crippen LogP contribution in [-0.2, 0) is 6.54 Å². The molecule has 0 atom stereocenters. The molecule has 0 spiro atoms. The standard InChI is InChI=1S/C12H17BrN2S/c13-12-8-11(3-2-10(12)9-14)15-4-1-6-16-7-5-15/h2-3,8H,1,4-7,9,14H2. The summed E-state index contributed by atoms with van der Waals surface area (Å²) in [6.07, 6.45) is 1.28. The summed E-state index contributed by atoms with van der Waals surface area (Å²) in [6.45, 7) is 2.91. The lowest BCUT2D eigenvalue weighted by Gasteiger charge is -2.23. The van der Waals surface area contributed by atoms with E-state index in [4.69, 9.17) is 5.73 Å². The maximum absolute atomic E-state index is 5.66. The second-order valence-electron chi connectivity index (χ2n) is 3.93. The van der Waals surface area contributed by atoms with E-state index >= 15 is 0 Å². The molecule has 2 N–H and O–H groups in total. The third-order valence-electron chi connectivity index (χ3n) is 2.84. The summed E-state index contributed by atoms with van der Waals surface area (Å²) in [5.41, 5.74) is 8.14. The SMILES string of the molecule is NCc1ccc(N2CCCSCC2)cc1Br. The van der Waals surface area contributed by atoms with Gasteiger partial charge in [0, 0.05) is 35.5 Å². The maximum Gasteiger partial charge on any atom is 0.0378 e. The van der Waals surface area contributed by atoms with Gasteiger partial charge < -0.3 is 10.6 Å². The summed E-state index contributed by atoms with van der Waals surface area (Å²) in [7, 11) is 0. The molecule has 1 aliphatic heterocycles. The first kappa shape index (κ1) is 12.3. The molecule has 0 aliphatic carbocycles. The van der Waals surface area contributed by atoms with Gasteiger partial charge in [-0.1, -0.05) is 22.0 Å². The molecule has 0 aromatic heterocycles. The molecule has 0 saturated carbocycles. The van der Waals surface area contributed by atoms with Crippen LogP contribution in [0, 0.1) is 0 Å². The van der Waals surface area contributed by atoms with Gasteiger partial charge in [0.15, 0.2) is 0 Å². The Morgan fingerprint density at radius 1 is 1.31 bits per heavy atom. The molecule has 0 amide bonds. The van der Waals surface area contributed by atoms with Gasteiger partial charge in [-0.25, -0.2) is 0 Å². The topological polar surface area (TPSA) is 29.3 Å². The second kappa shape index (κ2) is 5.94. The zero-order chi connectivity index (χ0) is 11.4. The van der Waals surface area contributed by atoms with Crippen LogP contribution in [-0.4, -0.2) is 24.6 Å². The van der Waals surface area contributed by atoms with Crippen LogP contribution in [0.25, 0.3) is 0 Å². The van der Waals surface area contributed by atoms with Crippen LogP contribution in [0.4, 0.5) is 5.69 Å². The molecule has 0 unspecified atom stereocenters. The quantitative estimate of drug-likeness (QED) is 0.911. The lowest BCUT2D eigenvalue weighted by atomic mass is 10.2. The van der Waals surface area contributed by atoms with Gasteiger partial charge in [-0.2, -0.15) is 11.8 Å². The fourth-order valence-electron chi connectivity index (χ4n) is 1.90. The average Bonchev–Trinajstić information content (AvgIpc) is 2.57. The van der Waals surface area contributed by atoms with E-state index in [0.29, 0.717) is 6.54 Å². The molecule has 1 aliphatic rings. The van der Waals surface area contributed by atoms with Crippen molar-refractivity contribution in [3.05, 3.63) is 28.2 Å². The average molecular weight is 301 g/mol. The van der Waals surface area contributed by atoms with Crippen molar-refractivity contribution >= 4 is 33.4 Å². The van der Waals surface area contributed by atoms with Gasteiger partial charge in [0.05, 0.1) is 0 Å². The number of thioether (sulfide) groups is 1. The van der Waals surface area contributed by atoms with Crippen molar-refractivity contribution in [2.75, 3.05) is 29.5 Å². The molecule has 2 rings (SSSR count). The van der Waals surface area contributed by atoms with Gasteiger partial charge in [-0.05, 0) is 29.9 Å². The number of rotatable bonds is 2. The third-order valence-corrected chi connectivity index (χ3v) is 4.63. The molecule has 1 aromatic rings. The molecule has 0 radical (unpaired) electrons. The Hall–Kier alpha value is -0.190. The van der Waals surface area contributed by atoms with Crippen LogP contribution < -0.4 is 10.6 Å². The number of anilines is 1. The van der Waals surface area contributed by atoms with E-state index in [-0.39, 0.29) is 0 Å². The fourth-order valence-corrected chi connectivity index (χ4v) is 3.32. The molecule has 2 nitrogen and oxygen atoms in total. The highest BCUT2D eigenvalue weighted by Crippen LogP contribution is 2.25. The molecule has 0 bridgehead atoms. The number of nitrogens with zero attached hydrogens (tertiary/aromatic N) is 1. The van der Waals surface area contributed by atoms with Gasteiger partial charge in [-0.15, -0.1) is 0 Å². The summed E-state index contributed by atoms with van der Waals surface area (Å²) >= 11 is 5.63. The summed E-state index contributed by atoms with van der Waals surface area (Å²) in [5, 5.41) is 0. The maximum atomic E-state index is 5.66. The Kier molecular flexibility index (Phi) is 4.55. The van der Waals surface area contributed by atoms with Gasteiger partial charge in [-0.3, -0.25) is 0 Å². The summed E-state index contributed by atoms with van der Waals surface area (Å²) in [6, 6.07) is 6.50. The normalized spacial score (nSPS) is 17.2. The van der Waals surface area contributed by atoms with Crippen molar-refractivity contribution < 1.29 is 0 Å². The second-order valence-corrected chi connectivity index (χ2v) is 6.01. The highest BCUT2D eigenvalue weighted by Gasteiger charge is 2.10. The molecule has 1 aromatic carbocycles. The van der Waals surface area contributed by atoms with E-state index < -0.39 is 0 Å². The van der Waals surface area contributed by atoms with Crippen molar-refractivity contribution in [2.45, 2.75) is 13.0 Å². The lowest BCUT2D eigenvalue weighted by molar-refractivity contribution is 0.815. The van der Waals surface area contributed by atoms with Gasteiger partial charge in [0.2, 0.25) is 0 Å². The first-order valence-electron chi connectivity index (χ1n) is 5.62. The van der Waals surface area contributed by atoms with Crippen LogP contribution in [0.3, 0.4) is 0 Å². The molecular weight excluding hydrogens is 284 g/mol. The zero-order valence-corrected chi connectivity index (χ0v) is 11.7. The molecule has 16 heavy (non-hydrogen) atoms. The zero-order valence-electron chi connectivity index (χ0n) is 9.29. The number of benzene rings is 1. The summed E-state index contributed by atoms with van der Waals surface area (Å²) in [4.78, 5) is 2.46. The van der Waals surface area contributed by atoms with E-state index in [1.165, 1.54) is 35.7 Å². The fraction of sp³-hybridized carbons (Fsp3) is 0.500. The molecule has 1 heterocycles. The number of hydrogen-bond donors (Lipinski definition) is 1. The first-order chi connectivity index (χ1) is 7.81. The Morgan fingerprint density at radius 3 is 2.94 bits per heavy atom. The smallest absolute Gasteiger partial charge is 0.0378 e. The highest BCUT2D eigenvalue weighted by atomic mass is 79.9. The van der Waals surface area contributed by atoms with Crippen molar-refractivity contribution in [2.24, 2.45) is 5.73 Å². The van der Waals surface area contributed by atoms with Crippen molar-refractivity contribution in [3.63, 3.8) is 0 Å². The van der Waals surface area contributed by atoms with Gasteiger partial charge in [0.1, 0.15) is 0 Å². The van der Waals surface area contributed by atoms with Crippen molar-refractivity contribution in [3.8, 4) is 0 Å². The van der Waals surface area contributed by atoms with Crippen LogP contribution >= 0.6 is 27.7 Å². The monoisotopic (exact) mass is 300 g/mol. The Balaban J connectivity index is 2.16. The number of nitrogens with two attached hydrogens (primary N) is 1. The number of halogens is 1. The van der Waals surface area contributed by atoms with E-state index in [1.807, 2.05) is 0 Å². The minimum Gasteiger partial charge on any atom is -0.371 e. The van der Waals surface area contributed by atoms with E-state index in [0.717, 1.165) is 11.0 Å². The minimum absolute atomic E-state index is 0.594. The van der Waals surface area contributed by atoms with Crippen LogP contribution in [0.15, 0.2) is 22.7 Å². The van der Waals surface area contributed by atoms with Crippen LogP contribution in [0.2, 0.25) is 0 Å². The predicted molar refractivity (Wildman–Crippen MR) is 76.2 cm³/mol. The molecular formula is C12H17BrN2S. The highest BCUT2D eigenvalue weighted by molar-refractivity contribution is 9.10. The Morgan fingerprint density at radius 2 is 2.19 bits per heavy atom. The summed E-state index contributed by atoms with van der Waals surface area (Å²) < 4.78 is 1.13. The predicted octanol–water partition coefficient (Wildman–Crippen LogP) is 2.85. The third kappa shape index (κ3) is 2.93. The summed E-state index contributed by atoms with van der Waals surface area (Å²) in [5.74, 6) is 2.52.